The van der Waals surface area contributed by atoms with Crippen molar-refractivity contribution < 1.29 is 13.2 Å². The Kier molecular flexibility index (Phi) is 5.78. The third-order valence-electron chi connectivity index (χ3n) is 2.40. The van der Waals surface area contributed by atoms with Crippen LogP contribution in [0.25, 0.3) is 0 Å². The van der Waals surface area contributed by atoms with Crippen molar-refractivity contribution in [1.82, 2.24) is 4.72 Å². The number of nitrogens with two attached hydrogens (primary N) is 1. The van der Waals surface area contributed by atoms with Crippen molar-refractivity contribution in [3.63, 3.8) is 0 Å². The Hall–Kier alpha value is -1.60. The molecule has 0 spiro atoms. The van der Waals surface area contributed by atoms with E-state index in [0.717, 1.165) is 32.0 Å². The van der Waals surface area contributed by atoms with E-state index in [-0.39, 0.29) is 4.90 Å². The molecule has 0 fully saturated rings. The summed E-state index contributed by atoms with van der Waals surface area (Å²) in [7, 11) is -3.75. The molecule has 0 aliphatic carbocycles. The number of carbonyl (C=O) groups is 1. The van der Waals surface area contributed by atoms with Crippen LogP contribution in [0.15, 0.2) is 29.2 Å². The van der Waals surface area contributed by atoms with Gasteiger partial charge in [-0.15, -0.1) is 0 Å². The van der Waals surface area contributed by atoms with E-state index in [1.165, 1.54) is 12.1 Å². The third kappa shape index (κ3) is 5.27. The molecule has 1 aromatic rings. The zero-order valence-electron chi connectivity index (χ0n) is 10.8. The Balaban J connectivity index is 2.63. The van der Waals surface area contributed by atoms with Crippen molar-refractivity contribution in [2.75, 3.05) is 18.4 Å². The fourth-order valence-electron chi connectivity index (χ4n) is 1.50. The number of benzene rings is 1. The van der Waals surface area contributed by atoms with E-state index in [2.05, 4.69) is 5.32 Å². The first kappa shape index (κ1) is 15.5. The molecular formula is C12H19N3O3S. The zero-order chi connectivity index (χ0) is 14.3. The summed E-state index contributed by atoms with van der Waals surface area (Å²) >= 11 is 0. The summed E-state index contributed by atoms with van der Waals surface area (Å²) in [5.41, 5.74) is 6.22. The molecule has 6 nitrogen and oxygen atoms in total. The Morgan fingerprint density at radius 3 is 2.37 bits per heavy atom. The van der Waals surface area contributed by atoms with Gasteiger partial charge in [0.2, 0.25) is 5.91 Å². The molecule has 4 N–H and O–H groups in total. The van der Waals surface area contributed by atoms with E-state index in [1.807, 2.05) is 4.72 Å². The van der Waals surface area contributed by atoms with Crippen LogP contribution in [0.3, 0.4) is 0 Å². The van der Waals surface area contributed by atoms with Crippen LogP contribution in [0.5, 0.6) is 0 Å². The average molecular weight is 285 g/mol. The van der Waals surface area contributed by atoms with Crippen LogP contribution in [-0.4, -0.2) is 27.4 Å². The van der Waals surface area contributed by atoms with Crippen molar-refractivity contribution in [2.24, 2.45) is 5.73 Å². The fourth-order valence-corrected chi connectivity index (χ4v) is 2.49. The van der Waals surface area contributed by atoms with Crippen molar-refractivity contribution in [3.8, 4) is 0 Å². The summed E-state index contributed by atoms with van der Waals surface area (Å²) in [6.45, 7) is 2.61. The van der Waals surface area contributed by atoms with Gasteiger partial charge in [-0.1, -0.05) is 0 Å². The number of hydrogen-bond acceptors (Lipinski definition) is 5. The molecule has 0 saturated heterocycles. The molecular weight excluding hydrogens is 266 g/mol. The lowest BCUT2D eigenvalue weighted by Gasteiger charge is -2.08. The summed E-state index contributed by atoms with van der Waals surface area (Å²) in [5, 5.41) is 3.16. The molecule has 0 saturated carbocycles. The maximum atomic E-state index is 11.7. The van der Waals surface area contributed by atoms with Crippen LogP contribution in [0.4, 0.5) is 5.69 Å². The van der Waals surface area contributed by atoms with E-state index in [9.17, 15) is 13.2 Å². The molecule has 1 amide bonds. The molecule has 0 atom stereocenters. The predicted octanol–water partition coefficient (Wildman–Crippen LogP) is 0.662. The minimum Gasteiger partial charge on any atom is -0.385 e. The molecule has 0 heterocycles. The topological polar surface area (TPSA) is 101 Å². The highest BCUT2D eigenvalue weighted by Crippen LogP contribution is 2.13. The largest absolute Gasteiger partial charge is 0.385 e. The molecule has 0 aliphatic rings. The summed E-state index contributed by atoms with van der Waals surface area (Å²) in [4.78, 5) is 10.9. The lowest BCUT2D eigenvalue weighted by atomic mass is 10.3. The van der Waals surface area contributed by atoms with Crippen LogP contribution in [0.2, 0.25) is 0 Å². The predicted molar refractivity (Wildman–Crippen MR) is 74.2 cm³/mol. The third-order valence-corrected chi connectivity index (χ3v) is 3.85. The number of rotatable bonds is 7. The summed E-state index contributed by atoms with van der Waals surface area (Å²) in [5.74, 6) is -0.607. The van der Waals surface area contributed by atoms with E-state index < -0.39 is 15.9 Å². The first-order valence-corrected chi connectivity index (χ1v) is 7.51. The van der Waals surface area contributed by atoms with Gasteiger partial charge >= 0.3 is 0 Å². The Labute approximate surface area is 113 Å². The van der Waals surface area contributed by atoms with Crippen molar-refractivity contribution in [3.05, 3.63) is 24.3 Å². The van der Waals surface area contributed by atoms with Crippen LogP contribution in [0.1, 0.15) is 19.8 Å². The monoisotopic (exact) mass is 285 g/mol. The minimum atomic E-state index is -3.75. The number of amides is 1. The highest BCUT2D eigenvalue weighted by atomic mass is 32.2. The number of unbranched alkanes of at least 4 members (excludes halogenated alkanes) is 1. The van der Waals surface area contributed by atoms with Gasteiger partial charge in [0, 0.05) is 19.2 Å². The fraction of sp³-hybridized carbons (Fsp3) is 0.417. The van der Waals surface area contributed by atoms with E-state index in [1.54, 1.807) is 12.1 Å². The van der Waals surface area contributed by atoms with E-state index in [4.69, 9.17) is 5.73 Å². The normalized spacial score (nSPS) is 11.1. The molecule has 106 valence electrons. The second-order valence-electron chi connectivity index (χ2n) is 4.11. The van der Waals surface area contributed by atoms with Gasteiger partial charge in [-0.3, -0.25) is 4.79 Å². The summed E-state index contributed by atoms with van der Waals surface area (Å²) < 4.78 is 25.3. The highest BCUT2D eigenvalue weighted by molar-refractivity contribution is 7.90. The van der Waals surface area contributed by atoms with Gasteiger partial charge in [0.25, 0.3) is 10.0 Å². The van der Waals surface area contributed by atoms with Gasteiger partial charge < -0.3 is 11.1 Å². The van der Waals surface area contributed by atoms with Crippen molar-refractivity contribution >= 4 is 21.6 Å². The van der Waals surface area contributed by atoms with Gasteiger partial charge in [-0.25, -0.2) is 13.1 Å². The molecule has 1 rings (SSSR count). The standard InChI is InChI=1S/C12H19N3O3S/c1-10(16)15-19(17,18)12-6-4-11(5-7-12)14-9-3-2-8-13/h4-7,14H,2-3,8-9,13H2,1H3,(H,15,16). The first-order chi connectivity index (χ1) is 8.95. The number of nitrogens with one attached hydrogen (secondary N) is 2. The number of carbonyl (C=O) groups excluding carboxylic acids is 1. The van der Waals surface area contributed by atoms with Gasteiger partial charge in [0.15, 0.2) is 0 Å². The van der Waals surface area contributed by atoms with Crippen LogP contribution >= 0.6 is 0 Å². The van der Waals surface area contributed by atoms with Gasteiger partial charge in [0.1, 0.15) is 0 Å². The number of anilines is 1. The molecule has 19 heavy (non-hydrogen) atoms. The average Bonchev–Trinajstić information content (AvgIpc) is 2.34. The molecule has 0 radical (unpaired) electrons. The van der Waals surface area contributed by atoms with Crippen LogP contribution < -0.4 is 15.8 Å². The maximum absolute atomic E-state index is 11.7. The Bertz CT molecular complexity index is 512. The second kappa shape index (κ2) is 7.10. The van der Waals surface area contributed by atoms with Crippen molar-refractivity contribution in [2.45, 2.75) is 24.7 Å². The van der Waals surface area contributed by atoms with Crippen molar-refractivity contribution in [1.29, 1.82) is 0 Å². The van der Waals surface area contributed by atoms with Crippen LogP contribution in [0, 0.1) is 0 Å². The smallest absolute Gasteiger partial charge is 0.264 e. The Morgan fingerprint density at radius 2 is 1.84 bits per heavy atom. The molecule has 0 bridgehead atoms. The zero-order valence-corrected chi connectivity index (χ0v) is 11.7. The highest BCUT2D eigenvalue weighted by Gasteiger charge is 2.14. The van der Waals surface area contributed by atoms with Gasteiger partial charge in [0.05, 0.1) is 4.90 Å². The molecule has 0 aliphatic heterocycles. The lowest BCUT2D eigenvalue weighted by Crippen LogP contribution is -2.28. The van der Waals surface area contributed by atoms with Gasteiger partial charge in [-0.2, -0.15) is 0 Å². The molecule has 7 heteroatoms. The Morgan fingerprint density at radius 1 is 1.21 bits per heavy atom. The molecule has 0 aromatic heterocycles. The lowest BCUT2D eigenvalue weighted by molar-refractivity contribution is -0.117. The van der Waals surface area contributed by atoms with E-state index in [0.29, 0.717) is 6.54 Å². The quantitative estimate of drug-likeness (QED) is 0.639. The van der Waals surface area contributed by atoms with E-state index >= 15 is 0 Å². The van der Waals surface area contributed by atoms with Gasteiger partial charge in [-0.05, 0) is 43.7 Å². The van der Waals surface area contributed by atoms with Crippen LogP contribution in [-0.2, 0) is 14.8 Å². The number of sulfonamides is 1. The SMILES string of the molecule is CC(=O)NS(=O)(=O)c1ccc(NCCCCN)cc1. The maximum Gasteiger partial charge on any atom is 0.264 e. The summed E-state index contributed by atoms with van der Waals surface area (Å²) in [6, 6.07) is 6.24. The second-order valence-corrected chi connectivity index (χ2v) is 5.79. The number of hydrogen-bond donors (Lipinski definition) is 3. The molecule has 1 aromatic carbocycles. The summed E-state index contributed by atoms with van der Waals surface area (Å²) in [6.07, 6.45) is 1.91. The minimum absolute atomic E-state index is 0.0650. The first-order valence-electron chi connectivity index (χ1n) is 6.03. The molecule has 0 unspecified atom stereocenters.